The number of rotatable bonds is 3. The number of hydrogen-bond acceptors (Lipinski definition) is 3. The average Bonchev–Trinajstić information content (AvgIpc) is 2.27. The molecule has 86 valence electrons. The largest absolute Gasteiger partial charge is 0.469 e. The number of nitrogens with two attached hydrogens (primary N) is 1. The van der Waals surface area contributed by atoms with Crippen LogP contribution in [0.4, 0.5) is 5.69 Å². The Balaban J connectivity index is 2.78. The van der Waals surface area contributed by atoms with Gasteiger partial charge in [0.25, 0.3) is 0 Å². The van der Waals surface area contributed by atoms with Gasteiger partial charge in [0.2, 0.25) is 0 Å². The number of ether oxygens (including phenoxy) is 1. The summed E-state index contributed by atoms with van der Waals surface area (Å²) in [6, 6.07) is 7.30. The first kappa shape index (κ1) is 12.4. The molecule has 0 aromatic heterocycles. The third-order valence-corrected chi connectivity index (χ3v) is 2.34. The van der Waals surface area contributed by atoms with Gasteiger partial charge in [-0.3, -0.25) is 4.79 Å². The average molecular weight is 238 g/mol. The van der Waals surface area contributed by atoms with Crippen molar-refractivity contribution in [3.63, 3.8) is 0 Å². The molecule has 0 spiro atoms. The number of anilines is 1. The first-order chi connectivity index (χ1) is 7.54. The smallest absolute Gasteiger partial charge is 0.312 e. The van der Waals surface area contributed by atoms with Crippen molar-refractivity contribution in [3.05, 3.63) is 29.8 Å². The minimum atomic E-state index is -0.274. The Bertz CT molecular complexity index is 389. The van der Waals surface area contributed by atoms with Crippen molar-refractivity contribution < 1.29 is 9.53 Å². The van der Waals surface area contributed by atoms with Crippen LogP contribution < -0.4 is 11.1 Å². The second-order valence-electron chi connectivity index (χ2n) is 3.36. The van der Waals surface area contributed by atoms with Gasteiger partial charge in [-0.1, -0.05) is 12.1 Å². The van der Waals surface area contributed by atoms with Gasteiger partial charge in [-0.25, -0.2) is 0 Å². The van der Waals surface area contributed by atoms with Crippen LogP contribution in [0.5, 0.6) is 0 Å². The van der Waals surface area contributed by atoms with Gasteiger partial charge in [0.15, 0.2) is 5.11 Å². The fraction of sp³-hybridized carbons (Fsp3) is 0.273. The Morgan fingerprint density at radius 2 is 2.00 bits per heavy atom. The predicted molar refractivity (Wildman–Crippen MR) is 67.3 cm³/mol. The molecule has 0 saturated carbocycles. The molecule has 0 heterocycles. The van der Waals surface area contributed by atoms with Gasteiger partial charge in [0.1, 0.15) is 0 Å². The monoisotopic (exact) mass is 238 g/mol. The molecule has 1 aromatic carbocycles. The molecule has 5 heteroatoms. The molecule has 0 amide bonds. The van der Waals surface area contributed by atoms with Gasteiger partial charge in [-0.15, -0.1) is 0 Å². The number of methoxy groups -OCH3 is 1. The number of nitrogens with one attached hydrogen (secondary N) is 1. The van der Waals surface area contributed by atoms with Crippen LogP contribution in [-0.2, 0) is 9.53 Å². The zero-order valence-corrected chi connectivity index (χ0v) is 10.0. The van der Waals surface area contributed by atoms with Crippen molar-refractivity contribution in [2.75, 3.05) is 12.4 Å². The second kappa shape index (κ2) is 5.46. The summed E-state index contributed by atoms with van der Waals surface area (Å²) in [5.41, 5.74) is 7.03. The number of thiocarbonyl (C=S) groups is 1. The minimum absolute atomic E-state index is 0.216. The molecule has 0 bridgehead atoms. The summed E-state index contributed by atoms with van der Waals surface area (Å²) in [7, 11) is 1.38. The Kier molecular flexibility index (Phi) is 4.25. The van der Waals surface area contributed by atoms with Gasteiger partial charge >= 0.3 is 5.97 Å². The molecule has 1 aromatic rings. The van der Waals surface area contributed by atoms with E-state index in [1.54, 1.807) is 6.92 Å². The normalized spacial score (nSPS) is 11.6. The standard InChI is InChI=1S/C11H14N2O2S/c1-7(10(14)15-2)8-3-5-9(6-4-8)13-11(12)16/h3-7H,1-2H3,(H3,12,13,16). The van der Waals surface area contributed by atoms with E-state index in [9.17, 15) is 4.79 Å². The summed E-state index contributed by atoms with van der Waals surface area (Å²) < 4.78 is 4.67. The molecule has 4 nitrogen and oxygen atoms in total. The quantitative estimate of drug-likeness (QED) is 0.619. The molecule has 0 aliphatic heterocycles. The van der Waals surface area contributed by atoms with Crippen molar-refractivity contribution in [2.45, 2.75) is 12.8 Å². The molecule has 0 radical (unpaired) electrons. The van der Waals surface area contributed by atoms with E-state index in [0.29, 0.717) is 0 Å². The first-order valence-electron chi connectivity index (χ1n) is 4.79. The van der Waals surface area contributed by atoms with Crippen LogP contribution in [0.25, 0.3) is 0 Å². The van der Waals surface area contributed by atoms with Crippen molar-refractivity contribution in [3.8, 4) is 0 Å². The second-order valence-corrected chi connectivity index (χ2v) is 3.80. The number of carbonyl (C=O) groups is 1. The number of carbonyl (C=O) groups excluding carboxylic acids is 1. The van der Waals surface area contributed by atoms with Crippen molar-refractivity contribution >= 4 is 29.0 Å². The van der Waals surface area contributed by atoms with Crippen molar-refractivity contribution in [2.24, 2.45) is 5.73 Å². The summed E-state index contributed by atoms with van der Waals surface area (Å²) >= 11 is 4.71. The third-order valence-electron chi connectivity index (χ3n) is 2.23. The summed E-state index contributed by atoms with van der Waals surface area (Å²) in [6.07, 6.45) is 0. The topological polar surface area (TPSA) is 64.3 Å². The maximum atomic E-state index is 11.3. The number of hydrogen-bond donors (Lipinski definition) is 2. The van der Waals surface area contributed by atoms with E-state index >= 15 is 0 Å². The van der Waals surface area contributed by atoms with E-state index in [1.165, 1.54) is 7.11 Å². The fourth-order valence-corrected chi connectivity index (χ4v) is 1.43. The Morgan fingerprint density at radius 1 is 1.44 bits per heavy atom. The maximum absolute atomic E-state index is 11.3. The molecular weight excluding hydrogens is 224 g/mol. The summed E-state index contributed by atoms with van der Waals surface area (Å²) in [6.45, 7) is 1.79. The van der Waals surface area contributed by atoms with Gasteiger partial charge in [-0.2, -0.15) is 0 Å². The van der Waals surface area contributed by atoms with E-state index in [0.717, 1.165) is 11.3 Å². The predicted octanol–water partition coefficient (Wildman–Crippen LogP) is 1.62. The molecule has 1 unspecified atom stereocenters. The SMILES string of the molecule is COC(=O)C(C)c1ccc(NC(N)=S)cc1. The lowest BCUT2D eigenvalue weighted by Crippen LogP contribution is -2.18. The Morgan fingerprint density at radius 3 is 2.44 bits per heavy atom. The molecule has 16 heavy (non-hydrogen) atoms. The number of benzene rings is 1. The molecule has 0 fully saturated rings. The van der Waals surface area contributed by atoms with E-state index < -0.39 is 0 Å². The van der Waals surface area contributed by atoms with Crippen LogP contribution in [0.3, 0.4) is 0 Å². The fourth-order valence-electron chi connectivity index (χ4n) is 1.31. The molecule has 0 aliphatic carbocycles. The molecule has 0 saturated heterocycles. The van der Waals surface area contributed by atoms with E-state index in [1.807, 2.05) is 24.3 Å². The van der Waals surface area contributed by atoms with E-state index in [4.69, 9.17) is 18.0 Å². The van der Waals surface area contributed by atoms with Gasteiger partial charge in [0, 0.05) is 5.69 Å². The highest BCUT2D eigenvalue weighted by Crippen LogP contribution is 2.18. The summed E-state index contributed by atoms with van der Waals surface area (Å²) in [5, 5.41) is 3.02. The summed E-state index contributed by atoms with van der Waals surface area (Å²) in [4.78, 5) is 11.3. The zero-order valence-electron chi connectivity index (χ0n) is 9.19. The van der Waals surface area contributed by atoms with Crippen LogP contribution >= 0.6 is 12.2 Å². The van der Waals surface area contributed by atoms with E-state index in [-0.39, 0.29) is 17.0 Å². The zero-order chi connectivity index (χ0) is 12.1. The lowest BCUT2D eigenvalue weighted by molar-refractivity contribution is -0.141. The first-order valence-corrected chi connectivity index (χ1v) is 5.19. The highest BCUT2D eigenvalue weighted by molar-refractivity contribution is 7.80. The van der Waals surface area contributed by atoms with Crippen LogP contribution in [0.15, 0.2) is 24.3 Å². The Hall–Kier alpha value is -1.62. The van der Waals surface area contributed by atoms with Crippen LogP contribution in [0.1, 0.15) is 18.4 Å². The van der Waals surface area contributed by atoms with Crippen molar-refractivity contribution in [1.29, 1.82) is 0 Å². The highest BCUT2D eigenvalue weighted by atomic mass is 32.1. The molecule has 1 atom stereocenters. The van der Waals surface area contributed by atoms with Crippen LogP contribution in [0.2, 0.25) is 0 Å². The molecular formula is C11H14N2O2S. The highest BCUT2D eigenvalue weighted by Gasteiger charge is 2.14. The maximum Gasteiger partial charge on any atom is 0.312 e. The van der Waals surface area contributed by atoms with Crippen LogP contribution in [0, 0.1) is 0 Å². The van der Waals surface area contributed by atoms with Crippen LogP contribution in [-0.4, -0.2) is 18.2 Å². The lowest BCUT2D eigenvalue weighted by Gasteiger charge is -2.10. The molecule has 0 aliphatic rings. The van der Waals surface area contributed by atoms with Gasteiger partial charge in [-0.05, 0) is 36.8 Å². The Labute approximate surface area is 99.8 Å². The van der Waals surface area contributed by atoms with E-state index in [2.05, 4.69) is 10.1 Å². The number of esters is 1. The third kappa shape index (κ3) is 3.20. The van der Waals surface area contributed by atoms with Gasteiger partial charge in [0.05, 0.1) is 13.0 Å². The lowest BCUT2D eigenvalue weighted by atomic mass is 10.0. The van der Waals surface area contributed by atoms with Gasteiger partial charge < -0.3 is 15.8 Å². The molecule has 3 N–H and O–H groups in total. The minimum Gasteiger partial charge on any atom is -0.469 e. The summed E-state index contributed by atoms with van der Waals surface area (Å²) in [5.74, 6) is -0.529. The van der Waals surface area contributed by atoms with Crippen molar-refractivity contribution in [1.82, 2.24) is 0 Å². The molecule has 1 rings (SSSR count).